The first-order valence-corrected chi connectivity index (χ1v) is 12.9. The van der Waals surface area contributed by atoms with E-state index in [-0.39, 0.29) is 17.5 Å². The van der Waals surface area contributed by atoms with Crippen LogP contribution in [-0.4, -0.2) is 48.0 Å². The molecule has 1 saturated heterocycles. The van der Waals surface area contributed by atoms with Crippen molar-refractivity contribution in [3.05, 3.63) is 41.7 Å². The zero-order valence-corrected chi connectivity index (χ0v) is 20.2. The highest BCUT2D eigenvalue weighted by Crippen LogP contribution is 2.28. The Balaban J connectivity index is 1.47. The summed E-state index contributed by atoms with van der Waals surface area (Å²) in [7, 11) is 0. The van der Waals surface area contributed by atoms with Gasteiger partial charge in [0.05, 0.1) is 11.8 Å². The Kier molecular flexibility index (Phi) is 8.85. The molecule has 2 N–H and O–H groups in total. The Morgan fingerprint density at radius 2 is 1.94 bits per heavy atom. The molecule has 1 aliphatic heterocycles. The molecular weight excluding hydrogens is 431 g/mol. The summed E-state index contributed by atoms with van der Waals surface area (Å²) >= 11 is 0. The first kappa shape index (κ1) is 24.6. The topological polar surface area (TPSA) is 76.1 Å². The normalized spacial score (nSPS) is 21.2. The molecule has 0 radical (unpaired) electrons. The summed E-state index contributed by atoms with van der Waals surface area (Å²) in [5.74, 6) is 0.408. The minimum atomic E-state index is -0.943. The van der Waals surface area contributed by atoms with Crippen molar-refractivity contribution < 1.29 is 13.9 Å². The number of nitrogens with one attached hydrogen (secondary N) is 2. The van der Waals surface area contributed by atoms with Gasteiger partial charge in [-0.2, -0.15) is 5.10 Å². The number of piperidine rings is 1. The first-order valence-electron chi connectivity index (χ1n) is 12.9. The molecule has 184 valence electrons. The van der Waals surface area contributed by atoms with E-state index in [1.165, 1.54) is 19.3 Å². The zero-order chi connectivity index (χ0) is 23.8. The lowest BCUT2D eigenvalue weighted by molar-refractivity contribution is 0.0922. The number of benzene rings is 1. The fourth-order valence-corrected chi connectivity index (χ4v) is 4.81. The number of carbonyl (C=O) groups excluding carboxylic acids is 1. The highest BCUT2D eigenvalue weighted by atomic mass is 19.1. The van der Waals surface area contributed by atoms with E-state index in [0.29, 0.717) is 25.6 Å². The Bertz CT molecular complexity index is 931. The molecule has 2 heterocycles. The monoisotopic (exact) mass is 468 g/mol. The molecule has 2 fully saturated rings. The number of alkyl halides is 1. The first-order chi connectivity index (χ1) is 16.6. The van der Waals surface area contributed by atoms with Gasteiger partial charge in [-0.25, -0.2) is 4.39 Å². The number of hydrogen-bond acceptors (Lipinski definition) is 5. The lowest BCUT2D eigenvalue weighted by Crippen LogP contribution is -2.43. The van der Waals surface area contributed by atoms with Crippen LogP contribution >= 0.6 is 0 Å². The number of halogens is 1. The Morgan fingerprint density at radius 3 is 2.68 bits per heavy atom. The molecule has 2 atom stereocenters. The van der Waals surface area contributed by atoms with Crippen LogP contribution in [0, 0.1) is 5.92 Å². The SMILES string of the molecule is CCCCc1nnc(C(=O)NC[C@@H]2CCNC[C@@H]2F)cc1-c1ccc(OC2CCCCC2)cc1. The summed E-state index contributed by atoms with van der Waals surface area (Å²) < 4.78 is 20.3. The van der Waals surface area contributed by atoms with E-state index in [9.17, 15) is 9.18 Å². The van der Waals surface area contributed by atoms with E-state index in [0.717, 1.165) is 61.2 Å². The molecule has 1 saturated carbocycles. The number of amides is 1. The summed E-state index contributed by atoms with van der Waals surface area (Å²) in [5.41, 5.74) is 3.07. The molecule has 0 unspecified atom stereocenters. The molecule has 1 amide bonds. The van der Waals surface area contributed by atoms with Crippen LogP contribution in [0.25, 0.3) is 11.1 Å². The van der Waals surface area contributed by atoms with E-state index < -0.39 is 6.17 Å². The van der Waals surface area contributed by atoms with Crippen LogP contribution in [0.15, 0.2) is 30.3 Å². The lowest BCUT2D eigenvalue weighted by atomic mass is 9.96. The minimum Gasteiger partial charge on any atom is -0.490 e. The maximum atomic E-state index is 14.1. The fourth-order valence-electron chi connectivity index (χ4n) is 4.81. The van der Waals surface area contributed by atoms with Crippen molar-refractivity contribution in [1.82, 2.24) is 20.8 Å². The van der Waals surface area contributed by atoms with Gasteiger partial charge >= 0.3 is 0 Å². The summed E-state index contributed by atoms with van der Waals surface area (Å²) in [6.07, 6.45) is 8.96. The average Bonchev–Trinajstić information content (AvgIpc) is 2.88. The standard InChI is InChI=1S/C27H37FN4O2/c1-2-3-9-25-23(19-10-12-22(13-11-19)34-21-7-5-4-6-8-21)16-26(32-31-25)27(33)30-17-20-14-15-29-18-24(20)28/h10-13,16,20-21,24,29H,2-9,14-15,17-18H2,1H3,(H,30,33)/t20-,24-/m0/s1. The number of nitrogens with zero attached hydrogens (tertiary/aromatic N) is 2. The van der Waals surface area contributed by atoms with Crippen molar-refractivity contribution in [3.63, 3.8) is 0 Å². The van der Waals surface area contributed by atoms with Crippen molar-refractivity contribution in [1.29, 1.82) is 0 Å². The Hall–Kier alpha value is -2.54. The Labute approximate surface area is 202 Å². The summed E-state index contributed by atoms with van der Waals surface area (Å²) in [6, 6.07) is 9.90. The van der Waals surface area contributed by atoms with Crippen molar-refractivity contribution in [2.24, 2.45) is 5.92 Å². The number of rotatable bonds is 9. The third-order valence-corrected chi connectivity index (χ3v) is 6.96. The van der Waals surface area contributed by atoms with E-state index in [4.69, 9.17) is 4.74 Å². The second-order valence-corrected chi connectivity index (χ2v) is 9.57. The van der Waals surface area contributed by atoms with Gasteiger partial charge in [0, 0.05) is 24.6 Å². The van der Waals surface area contributed by atoms with Crippen molar-refractivity contribution in [3.8, 4) is 16.9 Å². The van der Waals surface area contributed by atoms with Crippen LogP contribution < -0.4 is 15.4 Å². The third-order valence-electron chi connectivity index (χ3n) is 6.96. The Morgan fingerprint density at radius 1 is 1.15 bits per heavy atom. The second-order valence-electron chi connectivity index (χ2n) is 9.57. The second kappa shape index (κ2) is 12.2. The summed E-state index contributed by atoms with van der Waals surface area (Å²) in [5, 5.41) is 14.5. The van der Waals surface area contributed by atoms with Gasteiger partial charge in [0.25, 0.3) is 5.91 Å². The smallest absolute Gasteiger partial charge is 0.271 e. The van der Waals surface area contributed by atoms with E-state index in [2.05, 4.69) is 27.8 Å². The summed E-state index contributed by atoms with van der Waals surface area (Å²) in [4.78, 5) is 12.8. The van der Waals surface area contributed by atoms with Gasteiger partial charge in [0.15, 0.2) is 5.69 Å². The number of ether oxygens (including phenoxy) is 1. The van der Waals surface area contributed by atoms with Gasteiger partial charge in [-0.1, -0.05) is 31.9 Å². The van der Waals surface area contributed by atoms with Crippen molar-refractivity contribution in [2.45, 2.75) is 77.0 Å². The highest BCUT2D eigenvalue weighted by Gasteiger charge is 2.25. The van der Waals surface area contributed by atoms with Crippen molar-refractivity contribution in [2.75, 3.05) is 19.6 Å². The molecule has 0 spiro atoms. The molecule has 0 bridgehead atoms. The number of hydrogen-bond donors (Lipinski definition) is 2. The maximum absolute atomic E-state index is 14.1. The van der Waals surface area contributed by atoms with E-state index in [1.54, 1.807) is 0 Å². The molecule has 34 heavy (non-hydrogen) atoms. The van der Waals surface area contributed by atoms with Gasteiger partial charge in [-0.05, 0) is 75.3 Å². The van der Waals surface area contributed by atoms with Crippen LogP contribution in [0.1, 0.15) is 74.5 Å². The minimum absolute atomic E-state index is 0.168. The predicted molar refractivity (Wildman–Crippen MR) is 132 cm³/mol. The highest BCUT2D eigenvalue weighted by molar-refractivity contribution is 5.93. The molecular formula is C27H37FN4O2. The van der Waals surface area contributed by atoms with Gasteiger partial charge in [-0.15, -0.1) is 5.10 Å². The molecule has 4 rings (SSSR count). The van der Waals surface area contributed by atoms with E-state index in [1.807, 2.05) is 30.3 Å². The van der Waals surface area contributed by atoms with Gasteiger partial charge in [0.2, 0.25) is 0 Å². The fraction of sp³-hybridized carbons (Fsp3) is 0.593. The molecule has 1 aliphatic carbocycles. The zero-order valence-electron chi connectivity index (χ0n) is 20.2. The number of carbonyl (C=O) groups is 1. The summed E-state index contributed by atoms with van der Waals surface area (Å²) in [6.45, 7) is 3.57. The third kappa shape index (κ3) is 6.53. The van der Waals surface area contributed by atoms with Gasteiger partial charge in [0.1, 0.15) is 11.9 Å². The predicted octanol–water partition coefficient (Wildman–Crippen LogP) is 4.88. The quantitative estimate of drug-likeness (QED) is 0.549. The van der Waals surface area contributed by atoms with Gasteiger partial charge < -0.3 is 15.4 Å². The molecule has 2 aromatic rings. The number of aromatic nitrogens is 2. The average molecular weight is 469 g/mol. The van der Waals surface area contributed by atoms with Crippen LogP contribution in [0.4, 0.5) is 4.39 Å². The molecule has 6 nitrogen and oxygen atoms in total. The maximum Gasteiger partial charge on any atom is 0.271 e. The van der Waals surface area contributed by atoms with Crippen molar-refractivity contribution >= 4 is 5.91 Å². The van der Waals surface area contributed by atoms with E-state index >= 15 is 0 Å². The largest absolute Gasteiger partial charge is 0.490 e. The lowest BCUT2D eigenvalue weighted by Gasteiger charge is -2.26. The molecule has 2 aliphatic rings. The number of unbranched alkanes of at least 4 members (excludes halogenated alkanes) is 1. The van der Waals surface area contributed by atoms with Crippen LogP contribution in [0.2, 0.25) is 0 Å². The van der Waals surface area contributed by atoms with Crippen LogP contribution in [0.3, 0.4) is 0 Å². The molecule has 7 heteroatoms. The van der Waals surface area contributed by atoms with Crippen LogP contribution in [-0.2, 0) is 6.42 Å². The number of aryl methyl sites for hydroxylation is 1. The molecule has 1 aromatic heterocycles. The van der Waals surface area contributed by atoms with Gasteiger partial charge in [-0.3, -0.25) is 4.79 Å². The van der Waals surface area contributed by atoms with Crippen LogP contribution in [0.5, 0.6) is 5.75 Å². The molecule has 1 aromatic carbocycles.